The predicted octanol–water partition coefficient (Wildman–Crippen LogP) is 7.31. The van der Waals surface area contributed by atoms with Gasteiger partial charge in [0.15, 0.2) is 0 Å². The lowest BCUT2D eigenvalue weighted by Crippen LogP contribution is -2.25. The fraction of sp³-hybridized carbons (Fsp3) is 0.269. The molecule has 174 valence electrons. The minimum absolute atomic E-state index is 0.121. The monoisotopic (exact) mass is 473 g/mol. The number of alkyl halides is 3. The zero-order valence-corrected chi connectivity index (χ0v) is 19.5. The summed E-state index contributed by atoms with van der Waals surface area (Å²) in [7, 11) is 0. The topological polar surface area (TPSA) is 38.3 Å². The van der Waals surface area contributed by atoms with Crippen LogP contribution in [-0.4, -0.2) is 11.7 Å². The van der Waals surface area contributed by atoms with Crippen LogP contribution in [0, 0.1) is 0 Å². The van der Waals surface area contributed by atoms with Gasteiger partial charge in [0, 0.05) is 10.6 Å². The van der Waals surface area contributed by atoms with Gasteiger partial charge in [-0.05, 0) is 79.3 Å². The van der Waals surface area contributed by atoms with E-state index in [9.17, 15) is 18.0 Å². The highest BCUT2D eigenvalue weighted by molar-refractivity contribution is 7.99. The second kappa shape index (κ2) is 10.3. The zero-order chi connectivity index (χ0) is 24.1. The van der Waals surface area contributed by atoms with Gasteiger partial charge in [-0.2, -0.15) is 13.2 Å². The van der Waals surface area contributed by atoms with Crippen molar-refractivity contribution in [3.05, 3.63) is 89.5 Å². The van der Waals surface area contributed by atoms with Crippen molar-refractivity contribution >= 4 is 23.4 Å². The Morgan fingerprint density at radius 2 is 1.45 bits per heavy atom. The van der Waals surface area contributed by atoms with Gasteiger partial charge in [0.05, 0.1) is 12.0 Å². The summed E-state index contributed by atoms with van der Waals surface area (Å²) in [5, 5.41) is 2.87. The van der Waals surface area contributed by atoms with E-state index in [1.807, 2.05) is 24.3 Å². The van der Waals surface area contributed by atoms with Crippen molar-refractivity contribution in [2.24, 2.45) is 0 Å². The molecule has 0 unspecified atom stereocenters. The molecule has 3 aromatic rings. The SMILES string of the molecule is CCSc1ccc(CC(=O)Nc2ccc(OC(C)(C)c3ccc(C(F)(F)F)cc3)cc2)cc1. The Bertz CT molecular complexity index is 1060. The van der Waals surface area contributed by atoms with E-state index in [1.165, 1.54) is 17.0 Å². The number of carbonyl (C=O) groups excluding carboxylic acids is 1. The van der Waals surface area contributed by atoms with Crippen LogP contribution >= 0.6 is 11.8 Å². The van der Waals surface area contributed by atoms with E-state index in [2.05, 4.69) is 12.2 Å². The molecule has 0 fully saturated rings. The molecular formula is C26H26F3NO2S. The molecule has 0 radical (unpaired) electrons. The molecule has 3 aromatic carbocycles. The number of anilines is 1. The molecule has 0 aliphatic carbocycles. The number of hydrogen-bond acceptors (Lipinski definition) is 3. The van der Waals surface area contributed by atoms with E-state index in [0.29, 0.717) is 17.0 Å². The third-order valence-corrected chi connectivity index (χ3v) is 5.91. The van der Waals surface area contributed by atoms with Crippen molar-refractivity contribution in [3.63, 3.8) is 0 Å². The first-order valence-electron chi connectivity index (χ1n) is 10.6. The number of benzene rings is 3. The smallest absolute Gasteiger partial charge is 0.416 e. The quantitative estimate of drug-likeness (QED) is 0.349. The zero-order valence-electron chi connectivity index (χ0n) is 18.7. The number of nitrogens with one attached hydrogen (secondary N) is 1. The maximum Gasteiger partial charge on any atom is 0.416 e. The third-order valence-electron chi connectivity index (χ3n) is 5.02. The summed E-state index contributed by atoms with van der Waals surface area (Å²) in [4.78, 5) is 13.5. The van der Waals surface area contributed by atoms with Crippen molar-refractivity contribution in [1.29, 1.82) is 0 Å². The molecule has 0 bridgehead atoms. The van der Waals surface area contributed by atoms with Gasteiger partial charge in [-0.1, -0.05) is 31.2 Å². The van der Waals surface area contributed by atoms with Crippen LogP contribution in [-0.2, 0) is 23.0 Å². The van der Waals surface area contributed by atoms with Crippen molar-refractivity contribution in [2.45, 2.75) is 43.9 Å². The summed E-state index contributed by atoms with van der Waals surface area (Å²) >= 11 is 1.75. The molecule has 0 saturated carbocycles. The van der Waals surface area contributed by atoms with Crippen LogP contribution in [0.5, 0.6) is 5.75 Å². The number of ether oxygens (including phenoxy) is 1. The van der Waals surface area contributed by atoms with Crippen molar-refractivity contribution < 1.29 is 22.7 Å². The van der Waals surface area contributed by atoms with Crippen molar-refractivity contribution in [3.8, 4) is 5.75 Å². The molecule has 7 heteroatoms. The van der Waals surface area contributed by atoms with E-state index in [4.69, 9.17) is 4.74 Å². The Labute approximate surface area is 196 Å². The van der Waals surface area contributed by atoms with Crippen LogP contribution in [0.1, 0.15) is 37.5 Å². The fourth-order valence-corrected chi connectivity index (χ4v) is 3.94. The molecule has 3 rings (SSSR count). The van der Waals surface area contributed by atoms with Crippen molar-refractivity contribution in [2.75, 3.05) is 11.1 Å². The van der Waals surface area contributed by atoms with E-state index in [-0.39, 0.29) is 12.3 Å². The molecule has 0 aliphatic rings. The highest BCUT2D eigenvalue weighted by atomic mass is 32.2. The highest BCUT2D eigenvalue weighted by Crippen LogP contribution is 2.33. The van der Waals surface area contributed by atoms with Gasteiger partial charge in [-0.3, -0.25) is 4.79 Å². The highest BCUT2D eigenvalue weighted by Gasteiger charge is 2.31. The van der Waals surface area contributed by atoms with Gasteiger partial charge >= 0.3 is 6.18 Å². The predicted molar refractivity (Wildman–Crippen MR) is 127 cm³/mol. The molecule has 1 N–H and O–H groups in total. The van der Waals surface area contributed by atoms with Crippen LogP contribution in [0.4, 0.5) is 18.9 Å². The fourth-order valence-electron chi connectivity index (χ4n) is 3.28. The lowest BCUT2D eigenvalue weighted by atomic mass is 9.96. The van der Waals surface area contributed by atoms with E-state index in [1.54, 1.807) is 49.9 Å². The van der Waals surface area contributed by atoms with Gasteiger partial charge in [-0.25, -0.2) is 0 Å². The summed E-state index contributed by atoms with van der Waals surface area (Å²) < 4.78 is 44.4. The summed E-state index contributed by atoms with van der Waals surface area (Å²) in [6, 6.07) is 19.8. The molecule has 0 heterocycles. The third kappa shape index (κ3) is 7.02. The summed E-state index contributed by atoms with van der Waals surface area (Å²) in [5.74, 6) is 1.42. The van der Waals surface area contributed by atoms with Crippen LogP contribution < -0.4 is 10.1 Å². The first kappa shape index (κ1) is 24.7. The average molecular weight is 474 g/mol. The number of thioether (sulfide) groups is 1. The van der Waals surface area contributed by atoms with Crippen molar-refractivity contribution in [1.82, 2.24) is 0 Å². The Kier molecular flexibility index (Phi) is 7.74. The number of hydrogen-bond donors (Lipinski definition) is 1. The minimum atomic E-state index is -4.37. The summed E-state index contributed by atoms with van der Waals surface area (Å²) in [6.45, 7) is 5.67. The summed E-state index contributed by atoms with van der Waals surface area (Å²) in [6.07, 6.45) is -4.10. The minimum Gasteiger partial charge on any atom is -0.483 e. The molecule has 0 spiro atoms. The largest absolute Gasteiger partial charge is 0.483 e. The Hall–Kier alpha value is -2.93. The normalized spacial score (nSPS) is 11.8. The molecular weight excluding hydrogens is 447 g/mol. The first-order chi connectivity index (χ1) is 15.6. The van der Waals surface area contributed by atoms with Crippen LogP contribution in [0.25, 0.3) is 0 Å². The first-order valence-corrected chi connectivity index (χ1v) is 11.5. The lowest BCUT2D eigenvalue weighted by Gasteiger charge is -2.27. The Morgan fingerprint density at radius 1 is 0.879 bits per heavy atom. The van der Waals surface area contributed by atoms with E-state index in [0.717, 1.165) is 23.4 Å². The Morgan fingerprint density at radius 3 is 2.00 bits per heavy atom. The maximum absolute atomic E-state index is 12.8. The average Bonchev–Trinajstić information content (AvgIpc) is 2.76. The van der Waals surface area contributed by atoms with Gasteiger partial charge in [-0.15, -0.1) is 11.8 Å². The second-order valence-corrected chi connectivity index (χ2v) is 9.35. The van der Waals surface area contributed by atoms with Crippen LogP contribution in [0.15, 0.2) is 77.7 Å². The molecule has 33 heavy (non-hydrogen) atoms. The number of carbonyl (C=O) groups is 1. The molecule has 1 amide bonds. The molecule has 0 aromatic heterocycles. The number of rotatable bonds is 8. The van der Waals surface area contributed by atoms with Gasteiger partial charge in [0.1, 0.15) is 11.4 Å². The van der Waals surface area contributed by atoms with Crippen LogP contribution in [0.3, 0.4) is 0 Å². The molecule has 0 atom stereocenters. The molecule has 3 nitrogen and oxygen atoms in total. The van der Waals surface area contributed by atoms with Gasteiger partial charge in [0.25, 0.3) is 0 Å². The molecule has 0 aliphatic heterocycles. The Balaban J connectivity index is 1.58. The van der Waals surface area contributed by atoms with Crippen LogP contribution in [0.2, 0.25) is 0 Å². The standard InChI is InChI=1S/C26H26F3NO2S/c1-4-33-23-15-5-18(6-16-23)17-24(31)30-21-11-13-22(14-12-21)32-25(2,3)19-7-9-20(10-8-19)26(27,28)29/h5-16H,4,17H2,1-3H3,(H,30,31). The second-order valence-electron chi connectivity index (χ2n) is 8.01. The number of halogens is 3. The van der Waals surface area contributed by atoms with E-state index >= 15 is 0 Å². The molecule has 0 saturated heterocycles. The maximum atomic E-state index is 12.8. The number of amides is 1. The van der Waals surface area contributed by atoms with Gasteiger partial charge < -0.3 is 10.1 Å². The van der Waals surface area contributed by atoms with Gasteiger partial charge in [0.2, 0.25) is 5.91 Å². The lowest BCUT2D eigenvalue weighted by molar-refractivity contribution is -0.137. The summed E-state index contributed by atoms with van der Waals surface area (Å²) in [5.41, 5.74) is 0.662. The van der Waals surface area contributed by atoms with E-state index < -0.39 is 17.3 Å².